The Kier molecular flexibility index (Phi) is 5.19. The molecule has 7 heteroatoms. The van der Waals surface area contributed by atoms with Gasteiger partial charge in [0, 0.05) is 13.2 Å². The van der Waals surface area contributed by atoms with Crippen LogP contribution in [0.1, 0.15) is 31.7 Å². The van der Waals surface area contributed by atoms with Crippen LogP contribution in [0.2, 0.25) is 0 Å². The number of guanidine groups is 1. The second kappa shape index (κ2) is 6.91. The fraction of sp³-hybridized carbons (Fsp3) is 0.500. The van der Waals surface area contributed by atoms with E-state index in [1.54, 1.807) is 12.1 Å². The number of sulfonamides is 1. The van der Waals surface area contributed by atoms with Crippen molar-refractivity contribution in [1.29, 1.82) is 0 Å². The van der Waals surface area contributed by atoms with Gasteiger partial charge in [0.05, 0.1) is 5.69 Å². The molecule has 6 nitrogen and oxygen atoms in total. The zero-order chi connectivity index (χ0) is 15.3. The molecule has 0 unspecified atom stereocenters. The zero-order valence-corrected chi connectivity index (χ0v) is 12.9. The molecule has 21 heavy (non-hydrogen) atoms. The molecule has 0 saturated heterocycles. The average Bonchev–Trinajstić information content (AvgIpc) is 2.45. The molecule has 3 N–H and O–H groups in total. The Balaban J connectivity index is 2.24. The van der Waals surface area contributed by atoms with Crippen LogP contribution in [0.3, 0.4) is 0 Å². The van der Waals surface area contributed by atoms with Gasteiger partial charge in [0.1, 0.15) is 4.90 Å². The number of nitrogens with zero attached hydrogens (tertiary/aromatic N) is 1. The fourth-order valence-electron chi connectivity index (χ4n) is 2.10. The zero-order valence-electron chi connectivity index (χ0n) is 12.1. The van der Waals surface area contributed by atoms with Gasteiger partial charge in [-0.2, -0.15) is 0 Å². The van der Waals surface area contributed by atoms with Crippen LogP contribution in [0.25, 0.3) is 0 Å². The maximum absolute atomic E-state index is 12.3. The van der Waals surface area contributed by atoms with Crippen molar-refractivity contribution in [1.82, 2.24) is 4.72 Å². The molecule has 1 aliphatic heterocycles. The molecule has 0 atom stereocenters. The van der Waals surface area contributed by atoms with Crippen molar-refractivity contribution in [3.63, 3.8) is 0 Å². The SMILES string of the molecule is CCCCc1ccc2c(c1)S(=O)(=O)NC(=NCCCO)N2. The number of unbranched alkanes of at least 4 members (excludes halogenated alkanes) is 1. The predicted molar refractivity (Wildman–Crippen MR) is 83.0 cm³/mol. The van der Waals surface area contributed by atoms with E-state index in [2.05, 4.69) is 22.0 Å². The maximum Gasteiger partial charge on any atom is 0.266 e. The highest BCUT2D eigenvalue weighted by atomic mass is 32.2. The van der Waals surface area contributed by atoms with Gasteiger partial charge < -0.3 is 10.4 Å². The number of hydrogen-bond donors (Lipinski definition) is 3. The summed E-state index contributed by atoms with van der Waals surface area (Å²) in [5.41, 5.74) is 1.56. The van der Waals surface area contributed by atoms with Crippen molar-refractivity contribution in [3.8, 4) is 0 Å². The van der Waals surface area contributed by atoms with Gasteiger partial charge in [0.25, 0.3) is 10.0 Å². The van der Waals surface area contributed by atoms with E-state index in [0.717, 1.165) is 24.8 Å². The van der Waals surface area contributed by atoms with Gasteiger partial charge in [0.2, 0.25) is 5.96 Å². The number of aryl methyl sites for hydroxylation is 1. The van der Waals surface area contributed by atoms with Crippen molar-refractivity contribution in [2.75, 3.05) is 18.5 Å². The summed E-state index contributed by atoms with van der Waals surface area (Å²) >= 11 is 0. The Bertz CT molecular complexity index is 626. The Hall–Kier alpha value is -1.60. The van der Waals surface area contributed by atoms with Gasteiger partial charge in [-0.3, -0.25) is 4.99 Å². The molecule has 0 amide bonds. The monoisotopic (exact) mass is 311 g/mol. The minimum Gasteiger partial charge on any atom is -0.396 e. The molecule has 0 aromatic heterocycles. The number of nitrogens with one attached hydrogen (secondary N) is 2. The summed E-state index contributed by atoms with van der Waals surface area (Å²) in [6.07, 6.45) is 3.47. The van der Waals surface area contributed by atoms with Gasteiger partial charge in [0.15, 0.2) is 0 Å². The third kappa shape index (κ3) is 3.95. The summed E-state index contributed by atoms with van der Waals surface area (Å²) in [7, 11) is -3.58. The van der Waals surface area contributed by atoms with E-state index in [1.165, 1.54) is 0 Å². The Morgan fingerprint density at radius 1 is 1.29 bits per heavy atom. The Morgan fingerprint density at radius 2 is 2.10 bits per heavy atom. The van der Waals surface area contributed by atoms with Crippen LogP contribution in [0.5, 0.6) is 0 Å². The van der Waals surface area contributed by atoms with E-state index >= 15 is 0 Å². The van der Waals surface area contributed by atoms with Gasteiger partial charge in [-0.05, 0) is 37.0 Å². The first-order chi connectivity index (χ1) is 10.1. The number of aliphatic hydroxyl groups is 1. The number of rotatable bonds is 6. The van der Waals surface area contributed by atoms with Crippen molar-refractivity contribution < 1.29 is 13.5 Å². The van der Waals surface area contributed by atoms with Crippen LogP contribution in [0.15, 0.2) is 28.1 Å². The summed E-state index contributed by atoms with van der Waals surface area (Å²) in [5, 5.41) is 11.7. The van der Waals surface area contributed by atoms with Crippen LogP contribution in [0, 0.1) is 0 Å². The molecular weight excluding hydrogens is 290 g/mol. The third-order valence-corrected chi connectivity index (χ3v) is 4.60. The second-order valence-corrected chi connectivity index (χ2v) is 6.62. The highest BCUT2D eigenvalue weighted by Gasteiger charge is 2.26. The molecule has 0 spiro atoms. The van der Waals surface area contributed by atoms with Gasteiger partial charge in [-0.25, -0.2) is 13.1 Å². The lowest BCUT2D eigenvalue weighted by Gasteiger charge is -2.22. The smallest absolute Gasteiger partial charge is 0.266 e. The lowest BCUT2D eigenvalue weighted by Crippen LogP contribution is -2.41. The number of anilines is 1. The number of fused-ring (bicyclic) bond motifs is 1. The van der Waals surface area contributed by atoms with Crippen molar-refractivity contribution >= 4 is 21.7 Å². The topological polar surface area (TPSA) is 90.8 Å². The van der Waals surface area contributed by atoms with Crippen LogP contribution in [-0.2, 0) is 16.4 Å². The van der Waals surface area contributed by atoms with Crippen LogP contribution in [0.4, 0.5) is 5.69 Å². The first kappa shape index (κ1) is 15.8. The molecule has 1 aromatic carbocycles. The van der Waals surface area contributed by atoms with E-state index in [1.807, 2.05) is 6.07 Å². The van der Waals surface area contributed by atoms with Crippen molar-refractivity contribution in [2.45, 2.75) is 37.5 Å². The molecular formula is C14H21N3O3S. The van der Waals surface area contributed by atoms with Gasteiger partial charge >= 0.3 is 0 Å². The fourth-order valence-corrected chi connectivity index (χ4v) is 3.29. The van der Waals surface area contributed by atoms with Crippen LogP contribution >= 0.6 is 0 Å². The van der Waals surface area contributed by atoms with Gasteiger partial charge in [-0.15, -0.1) is 0 Å². The van der Waals surface area contributed by atoms with E-state index < -0.39 is 10.0 Å². The van der Waals surface area contributed by atoms with Crippen LogP contribution in [-0.4, -0.2) is 32.6 Å². The summed E-state index contributed by atoms with van der Waals surface area (Å²) in [5.74, 6) is 0.206. The summed E-state index contributed by atoms with van der Waals surface area (Å²) < 4.78 is 26.9. The number of aliphatic imine (C=N–C) groups is 1. The van der Waals surface area contributed by atoms with E-state index in [-0.39, 0.29) is 17.5 Å². The largest absolute Gasteiger partial charge is 0.396 e. The molecule has 0 aliphatic carbocycles. The molecule has 0 saturated carbocycles. The number of aliphatic hydroxyl groups excluding tert-OH is 1. The van der Waals surface area contributed by atoms with Crippen LogP contribution < -0.4 is 10.0 Å². The lowest BCUT2D eigenvalue weighted by atomic mass is 10.1. The summed E-state index contributed by atoms with van der Waals surface area (Å²) in [6.45, 7) is 2.50. The number of hydrogen-bond acceptors (Lipinski definition) is 4. The molecule has 2 rings (SSSR count). The molecule has 0 fully saturated rings. The molecule has 0 bridgehead atoms. The average molecular weight is 311 g/mol. The molecule has 1 aromatic rings. The molecule has 116 valence electrons. The van der Waals surface area contributed by atoms with Crippen molar-refractivity contribution in [3.05, 3.63) is 23.8 Å². The summed E-state index contributed by atoms with van der Waals surface area (Å²) in [6, 6.07) is 5.43. The highest BCUT2D eigenvalue weighted by molar-refractivity contribution is 7.90. The highest BCUT2D eigenvalue weighted by Crippen LogP contribution is 2.26. The Labute approximate surface area is 125 Å². The standard InChI is InChI=1S/C14H21N3O3S/c1-2-3-5-11-6-7-12-13(10-11)21(19,20)17-14(16-12)15-8-4-9-18/h6-7,10,18H,2-5,8-9H2,1H3,(H2,15,16,17). The lowest BCUT2D eigenvalue weighted by molar-refractivity contribution is 0.291. The predicted octanol–water partition coefficient (Wildman–Crippen LogP) is 1.47. The van der Waals surface area contributed by atoms with Gasteiger partial charge in [-0.1, -0.05) is 19.4 Å². The quantitative estimate of drug-likeness (QED) is 0.694. The molecule has 0 radical (unpaired) electrons. The van der Waals surface area contributed by atoms with Crippen molar-refractivity contribution in [2.24, 2.45) is 4.99 Å². The minimum atomic E-state index is -3.58. The molecule has 1 heterocycles. The van der Waals surface area contributed by atoms with E-state index in [9.17, 15) is 8.42 Å². The molecule has 1 aliphatic rings. The first-order valence-electron chi connectivity index (χ1n) is 7.15. The first-order valence-corrected chi connectivity index (χ1v) is 8.63. The normalized spacial score (nSPS) is 17.9. The Morgan fingerprint density at radius 3 is 2.81 bits per heavy atom. The second-order valence-electron chi connectivity index (χ2n) is 4.97. The third-order valence-electron chi connectivity index (χ3n) is 3.22. The maximum atomic E-state index is 12.3. The number of benzene rings is 1. The van der Waals surface area contributed by atoms with E-state index in [0.29, 0.717) is 18.7 Å². The van der Waals surface area contributed by atoms with E-state index in [4.69, 9.17) is 5.11 Å². The summed E-state index contributed by atoms with van der Waals surface area (Å²) in [4.78, 5) is 4.36. The minimum absolute atomic E-state index is 0.0287.